The van der Waals surface area contributed by atoms with Crippen molar-refractivity contribution in [3.63, 3.8) is 0 Å². The van der Waals surface area contributed by atoms with Crippen LogP contribution in [-0.4, -0.2) is 31.3 Å². The standard InChI is InChI=1S/C23H33N3O3/c1-23(2,3)21-13-19(26-29-21)11-18-15-24-10-9-17(18)12-22(27)25-14-16-5-7-20(28-4)8-6-16/h5-8,13,17-18,24H,9-12,14-15H2,1-4H3,(H,25,27)/t17-,18+/m0/s1. The van der Waals surface area contributed by atoms with E-state index >= 15 is 0 Å². The molecule has 6 heteroatoms. The number of nitrogens with one attached hydrogen (secondary N) is 2. The van der Waals surface area contributed by atoms with Crippen LogP contribution in [0.25, 0.3) is 0 Å². The largest absolute Gasteiger partial charge is 0.497 e. The number of piperidine rings is 1. The van der Waals surface area contributed by atoms with E-state index in [0.29, 0.717) is 24.8 Å². The molecule has 158 valence electrons. The second-order valence-corrected chi connectivity index (χ2v) is 8.98. The molecule has 0 spiro atoms. The number of aromatic nitrogens is 1. The summed E-state index contributed by atoms with van der Waals surface area (Å²) in [5.41, 5.74) is 2.00. The van der Waals surface area contributed by atoms with E-state index in [4.69, 9.17) is 9.26 Å². The maximum absolute atomic E-state index is 12.6. The minimum absolute atomic E-state index is 0.0448. The van der Waals surface area contributed by atoms with Crippen molar-refractivity contribution < 1.29 is 14.1 Å². The van der Waals surface area contributed by atoms with Crippen LogP contribution in [0.5, 0.6) is 5.75 Å². The number of hydrogen-bond acceptors (Lipinski definition) is 5. The SMILES string of the molecule is COc1ccc(CNC(=O)C[C@@H]2CCNC[C@H]2Cc2cc(C(C)(C)C)on2)cc1. The van der Waals surface area contributed by atoms with E-state index in [1.807, 2.05) is 24.3 Å². The lowest BCUT2D eigenvalue weighted by Crippen LogP contribution is -2.40. The number of nitrogens with zero attached hydrogens (tertiary/aromatic N) is 1. The zero-order valence-corrected chi connectivity index (χ0v) is 18.0. The molecule has 29 heavy (non-hydrogen) atoms. The predicted octanol–water partition coefficient (Wildman–Crippen LogP) is 3.46. The van der Waals surface area contributed by atoms with Crippen molar-refractivity contribution in [2.24, 2.45) is 11.8 Å². The summed E-state index contributed by atoms with van der Waals surface area (Å²) in [6, 6.07) is 9.84. The van der Waals surface area contributed by atoms with Gasteiger partial charge in [-0.05, 0) is 55.5 Å². The second-order valence-electron chi connectivity index (χ2n) is 8.98. The number of methoxy groups -OCH3 is 1. The van der Waals surface area contributed by atoms with Gasteiger partial charge in [0.1, 0.15) is 11.5 Å². The Morgan fingerprint density at radius 1 is 1.28 bits per heavy atom. The first kappa shape index (κ1) is 21.4. The third-order valence-corrected chi connectivity index (χ3v) is 5.63. The summed E-state index contributed by atoms with van der Waals surface area (Å²) in [4.78, 5) is 12.6. The van der Waals surface area contributed by atoms with Crippen molar-refractivity contribution in [3.05, 3.63) is 47.3 Å². The van der Waals surface area contributed by atoms with Gasteiger partial charge < -0.3 is 19.9 Å². The molecule has 1 amide bonds. The normalized spacial score (nSPS) is 19.7. The van der Waals surface area contributed by atoms with Crippen molar-refractivity contribution in [1.29, 1.82) is 0 Å². The van der Waals surface area contributed by atoms with Gasteiger partial charge in [0.05, 0.1) is 12.8 Å². The topological polar surface area (TPSA) is 76.4 Å². The van der Waals surface area contributed by atoms with Crippen LogP contribution in [0, 0.1) is 11.8 Å². The molecule has 0 unspecified atom stereocenters. The summed E-state index contributed by atoms with van der Waals surface area (Å²) in [5.74, 6) is 2.56. The molecule has 1 aliphatic heterocycles. The van der Waals surface area contributed by atoms with E-state index in [2.05, 4.69) is 42.6 Å². The van der Waals surface area contributed by atoms with Crippen LogP contribution in [-0.2, 0) is 23.2 Å². The second kappa shape index (κ2) is 9.44. The monoisotopic (exact) mass is 399 g/mol. The van der Waals surface area contributed by atoms with E-state index in [1.165, 1.54) is 0 Å². The lowest BCUT2D eigenvalue weighted by molar-refractivity contribution is -0.122. The van der Waals surface area contributed by atoms with Gasteiger partial charge in [-0.15, -0.1) is 0 Å². The number of hydrogen-bond donors (Lipinski definition) is 2. The van der Waals surface area contributed by atoms with Crippen molar-refractivity contribution in [2.75, 3.05) is 20.2 Å². The Labute approximate surface area is 173 Å². The molecule has 1 saturated heterocycles. The molecule has 0 radical (unpaired) electrons. The Morgan fingerprint density at radius 2 is 2.03 bits per heavy atom. The molecule has 0 saturated carbocycles. The van der Waals surface area contributed by atoms with E-state index in [-0.39, 0.29) is 11.3 Å². The number of amides is 1. The van der Waals surface area contributed by atoms with E-state index in [0.717, 1.165) is 48.7 Å². The summed E-state index contributed by atoms with van der Waals surface area (Å²) < 4.78 is 10.7. The first-order chi connectivity index (χ1) is 13.8. The summed E-state index contributed by atoms with van der Waals surface area (Å²) >= 11 is 0. The van der Waals surface area contributed by atoms with Crippen molar-refractivity contribution in [3.8, 4) is 5.75 Å². The van der Waals surface area contributed by atoms with Gasteiger partial charge >= 0.3 is 0 Å². The lowest BCUT2D eigenvalue weighted by Gasteiger charge is -2.31. The molecule has 1 aromatic heterocycles. The first-order valence-electron chi connectivity index (χ1n) is 10.4. The average molecular weight is 400 g/mol. The van der Waals surface area contributed by atoms with Crippen LogP contribution in [0.1, 0.15) is 50.6 Å². The number of carbonyl (C=O) groups excluding carboxylic acids is 1. The Bertz CT molecular complexity index is 792. The molecule has 2 atom stereocenters. The zero-order valence-electron chi connectivity index (χ0n) is 18.0. The van der Waals surface area contributed by atoms with Crippen LogP contribution in [0.2, 0.25) is 0 Å². The molecule has 2 N–H and O–H groups in total. The highest BCUT2D eigenvalue weighted by atomic mass is 16.5. The highest BCUT2D eigenvalue weighted by Crippen LogP contribution is 2.28. The van der Waals surface area contributed by atoms with Crippen LogP contribution >= 0.6 is 0 Å². The van der Waals surface area contributed by atoms with Crippen LogP contribution < -0.4 is 15.4 Å². The maximum Gasteiger partial charge on any atom is 0.220 e. The predicted molar refractivity (Wildman–Crippen MR) is 113 cm³/mol. The third kappa shape index (κ3) is 6.07. The molecule has 1 fully saturated rings. The molecule has 1 aliphatic rings. The molecule has 6 nitrogen and oxygen atoms in total. The minimum atomic E-state index is -0.0448. The molecule has 1 aromatic carbocycles. The Morgan fingerprint density at radius 3 is 2.69 bits per heavy atom. The zero-order chi connectivity index (χ0) is 20.9. The van der Waals surface area contributed by atoms with Crippen LogP contribution in [0.3, 0.4) is 0 Å². The maximum atomic E-state index is 12.6. The Kier molecular flexibility index (Phi) is 6.96. The highest BCUT2D eigenvalue weighted by molar-refractivity contribution is 5.76. The fraction of sp³-hybridized carbons (Fsp3) is 0.565. The average Bonchev–Trinajstić information content (AvgIpc) is 3.17. The first-order valence-corrected chi connectivity index (χ1v) is 10.4. The number of rotatable bonds is 7. The van der Waals surface area contributed by atoms with Gasteiger partial charge in [0.2, 0.25) is 5.91 Å². The summed E-state index contributed by atoms with van der Waals surface area (Å²) in [6.45, 7) is 8.77. The van der Waals surface area contributed by atoms with Crippen molar-refractivity contribution in [1.82, 2.24) is 15.8 Å². The fourth-order valence-electron chi connectivity index (χ4n) is 3.77. The van der Waals surface area contributed by atoms with Gasteiger partial charge in [0, 0.05) is 24.4 Å². The van der Waals surface area contributed by atoms with Gasteiger partial charge in [-0.1, -0.05) is 38.1 Å². The van der Waals surface area contributed by atoms with Gasteiger partial charge in [-0.25, -0.2) is 0 Å². The molecular formula is C23H33N3O3. The molecule has 0 bridgehead atoms. The third-order valence-electron chi connectivity index (χ3n) is 5.63. The van der Waals surface area contributed by atoms with Crippen molar-refractivity contribution in [2.45, 2.75) is 52.0 Å². The van der Waals surface area contributed by atoms with Crippen LogP contribution in [0.15, 0.2) is 34.9 Å². The van der Waals surface area contributed by atoms with Gasteiger partial charge in [-0.2, -0.15) is 0 Å². The summed E-state index contributed by atoms with van der Waals surface area (Å²) in [5, 5.41) is 10.8. The summed E-state index contributed by atoms with van der Waals surface area (Å²) in [6.07, 6.45) is 2.39. The van der Waals surface area contributed by atoms with Gasteiger partial charge in [0.15, 0.2) is 0 Å². The minimum Gasteiger partial charge on any atom is -0.497 e. The van der Waals surface area contributed by atoms with E-state index in [9.17, 15) is 4.79 Å². The van der Waals surface area contributed by atoms with Crippen LogP contribution in [0.4, 0.5) is 0 Å². The lowest BCUT2D eigenvalue weighted by atomic mass is 9.81. The molecular weight excluding hydrogens is 366 g/mol. The molecule has 0 aliphatic carbocycles. The molecule has 2 aromatic rings. The molecule has 3 rings (SSSR count). The number of benzene rings is 1. The Hall–Kier alpha value is -2.34. The number of ether oxygens (including phenoxy) is 1. The Balaban J connectivity index is 1.53. The quantitative estimate of drug-likeness (QED) is 0.746. The van der Waals surface area contributed by atoms with Gasteiger partial charge in [0.25, 0.3) is 0 Å². The van der Waals surface area contributed by atoms with E-state index < -0.39 is 0 Å². The highest BCUT2D eigenvalue weighted by Gasteiger charge is 2.29. The smallest absolute Gasteiger partial charge is 0.220 e. The van der Waals surface area contributed by atoms with Crippen molar-refractivity contribution >= 4 is 5.91 Å². The van der Waals surface area contributed by atoms with Gasteiger partial charge in [-0.3, -0.25) is 4.79 Å². The number of carbonyl (C=O) groups is 1. The fourth-order valence-corrected chi connectivity index (χ4v) is 3.77. The molecule has 2 heterocycles. The summed E-state index contributed by atoms with van der Waals surface area (Å²) in [7, 11) is 1.65. The van der Waals surface area contributed by atoms with E-state index in [1.54, 1.807) is 7.11 Å².